The lowest BCUT2D eigenvalue weighted by atomic mass is 9.92. The standard InChI is InChI=1S/C33H31FN6O/c34-26-13-11-25(12-14-26)31-33(40-16-15-35-21-29(40)37-31)36-22-30(41)38-17-19-39(20-18-38)32-27-7-3-1-5-23(27)9-10-24-6-2-4-8-28(24)32/h1-8,11-16,21,32,36H,9-10,17-20,22H2. The lowest BCUT2D eigenvalue weighted by molar-refractivity contribution is -0.131. The average Bonchev–Trinajstić information content (AvgIpc) is 3.30. The Morgan fingerprint density at radius 2 is 1.54 bits per heavy atom. The number of carbonyl (C=O) groups excluding carboxylic acids is 1. The second kappa shape index (κ2) is 10.8. The van der Waals surface area contributed by atoms with Gasteiger partial charge < -0.3 is 10.2 Å². The predicted octanol–water partition coefficient (Wildman–Crippen LogP) is 4.98. The zero-order chi connectivity index (χ0) is 27.8. The van der Waals surface area contributed by atoms with Crippen molar-refractivity contribution in [1.82, 2.24) is 24.2 Å². The molecule has 0 bridgehead atoms. The largest absolute Gasteiger partial charge is 0.360 e. The Balaban J connectivity index is 1.07. The Morgan fingerprint density at radius 1 is 0.878 bits per heavy atom. The van der Waals surface area contributed by atoms with Crippen LogP contribution in [0.5, 0.6) is 0 Å². The molecule has 0 radical (unpaired) electrons. The van der Waals surface area contributed by atoms with Crippen LogP contribution >= 0.6 is 0 Å². The minimum Gasteiger partial charge on any atom is -0.360 e. The highest BCUT2D eigenvalue weighted by Crippen LogP contribution is 2.37. The SMILES string of the molecule is O=C(CNc1c(-c2ccc(F)cc2)nc2cnccn12)N1CCN(C2c3ccccc3CCc3ccccc32)CC1. The molecule has 3 aromatic carbocycles. The molecule has 0 atom stereocenters. The minimum atomic E-state index is -0.307. The Bertz CT molecular complexity index is 1660. The molecule has 2 aliphatic rings. The Labute approximate surface area is 238 Å². The lowest BCUT2D eigenvalue weighted by Gasteiger charge is -2.40. The molecule has 0 unspecified atom stereocenters. The van der Waals surface area contributed by atoms with Gasteiger partial charge in [-0.3, -0.25) is 19.1 Å². The van der Waals surface area contributed by atoms with Crippen LogP contribution in [0.25, 0.3) is 16.9 Å². The number of aryl methyl sites for hydroxylation is 2. The van der Waals surface area contributed by atoms with Gasteiger partial charge in [0.15, 0.2) is 5.65 Å². The van der Waals surface area contributed by atoms with Crippen molar-refractivity contribution in [3.63, 3.8) is 0 Å². The summed E-state index contributed by atoms with van der Waals surface area (Å²) in [5.74, 6) is 0.423. The summed E-state index contributed by atoms with van der Waals surface area (Å²) in [6.07, 6.45) is 7.26. The number of anilines is 1. The lowest BCUT2D eigenvalue weighted by Crippen LogP contribution is -2.51. The van der Waals surface area contributed by atoms with Gasteiger partial charge in [0.1, 0.15) is 17.3 Å². The smallest absolute Gasteiger partial charge is 0.242 e. The number of rotatable bonds is 5. The second-order valence-corrected chi connectivity index (χ2v) is 10.7. The van der Waals surface area contributed by atoms with Crippen LogP contribution in [0.4, 0.5) is 10.2 Å². The molecular formula is C33H31FN6O. The van der Waals surface area contributed by atoms with Gasteiger partial charge >= 0.3 is 0 Å². The predicted molar refractivity (Wildman–Crippen MR) is 157 cm³/mol. The molecule has 1 N–H and O–H groups in total. The summed E-state index contributed by atoms with van der Waals surface area (Å²) in [7, 11) is 0. The molecule has 5 aromatic rings. The van der Waals surface area contributed by atoms with Crippen LogP contribution in [0, 0.1) is 5.82 Å². The number of halogens is 1. The zero-order valence-corrected chi connectivity index (χ0v) is 22.7. The van der Waals surface area contributed by atoms with Crippen LogP contribution in [-0.2, 0) is 17.6 Å². The molecule has 1 fully saturated rings. The van der Waals surface area contributed by atoms with E-state index >= 15 is 0 Å². The number of benzene rings is 3. The van der Waals surface area contributed by atoms with Gasteiger partial charge in [0.25, 0.3) is 0 Å². The first kappa shape index (κ1) is 25.4. The summed E-state index contributed by atoms with van der Waals surface area (Å²) in [4.78, 5) is 26.8. The fourth-order valence-electron chi connectivity index (χ4n) is 6.27. The number of nitrogens with one attached hydrogen (secondary N) is 1. The summed E-state index contributed by atoms with van der Waals surface area (Å²) in [6, 6.07) is 24.0. The molecule has 7 nitrogen and oxygen atoms in total. The third-order valence-corrected chi connectivity index (χ3v) is 8.35. The molecular weight excluding hydrogens is 515 g/mol. The Morgan fingerprint density at radius 3 is 2.22 bits per heavy atom. The van der Waals surface area contributed by atoms with Crippen LogP contribution in [-0.4, -0.2) is 62.8 Å². The van der Waals surface area contributed by atoms with E-state index in [0.29, 0.717) is 30.2 Å². The number of carbonyl (C=O) groups is 1. The van der Waals surface area contributed by atoms with E-state index in [0.717, 1.165) is 31.5 Å². The van der Waals surface area contributed by atoms with Gasteiger partial charge in [0, 0.05) is 44.1 Å². The van der Waals surface area contributed by atoms with E-state index < -0.39 is 0 Å². The van der Waals surface area contributed by atoms with E-state index in [1.54, 1.807) is 24.5 Å². The monoisotopic (exact) mass is 546 g/mol. The maximum absolute atomic E-state index is 13.6. The van der Waals surface area contributed by atoms with Crippen molar-refractivity contribution in [2.45, 2.75) is 18.9 Å². The number of amides is 1. The van der Waals surface area contributed by atoms with Gasteiger partial charge in [-0.05, 0) is 59.4 Å². The topological polar surface area (TPSA) is 65.8 Å². The van der Waals surface area contributed by atoms with Crippen molar-refractivity contribution in [2.24, 2.45) is 0 Å². The Kier molecular flexibility index (Phi) is 6.68. The highest BCUT2D eigenvalue weighted by Gasteiger charge is 2.32. The average molecular weight is 547 g/mol. The van der Waals surface area contributed by atoms with Crippen LogP contribution in [0.1, 0.15) is 28.3 Å². The first-order valence-electron chi connectivity index (χ1n) is 14.1. The summed E-state index contributed by atoms with van der Waals surface area (Å²) >= 11 is 0. The van der Waals surface area contributed by atoms with Crippen molar-refractivity contribution < 1.29 is 9.18 Å². The van der Waals surface area contributed by atoms with Crippen LogP contribution < -0.4 is 5.32 Å². The first-order chi connectivity index (χ1) is 20.2. The molecule has 41 heavy (non-hydrogen) atoms. The molecule has 7 rings (SSSR count). The molecule has 3 heterocycles. The number of piperazine rings is 1. The molecule has 2 aromatic heterocycles. The van der Waals surface area contributed by atoms with Crippen molar-refractivity contribution >= 4 is 17.4 Å². The second-order valence-electron chi connectivity index (χ2n) is 10.7. The van der Waals surface area contributed by atoms with E-state index in [1.165, 1.54) is 34.4 Å². The molecule has 0 saturated carbocycles. The van der Waals surface area contributed by atoms with Gasteiger partial charge in [-0.15, -0.1) is 0 Å². The maximum atomic E-state index is 13.6. The molecule has 206 valence electrons. The third-order valence-electron chi connectivity index (χ3n) is 8.35. The molecule has 1 amide bonds. The number of imidazole rings is 1. The van der Waals surface area contributed by atoms with Crippen molar-refractivity contribution in [3.05, 3.63) is 119 Å². The van der Waals surface area contributed by atoms with E-state index in [9.17, 15) is 9.18 Å². The first-order valence-corrected chi connectivity index (χ1v) is 14.1. The normalized spacial score (nSPS) is 15.8. The van der Waals surface area contributed by atoms with E-state index in [-0.39, 0.29) is 24.3 Å². The van der Waals surface area contributed by atoms with E-state index in [4.69, 9.17) is 4.98 Å². The summed E-state index contributed by atoms with van der Waals surface area (Å²) < 4.78 is 15.4. The minimum absolute atomic E-state index is 0.0420. The number of hydrogen-bond donors (Lipinski definition) is 1. The third kappa shape index (κ3) is 4.85. The quantitative estimate of drug-likeness (QED) is 0.337. The molecule has 0 spiro atoms. The van der Waals surface area contributed by atoms with Gasteiger partial charge in [-0.2, -0.15) is 0 Å². The van der Waals surface area contributed by atoms with Crippen LogP contribution in [0.3, 0.4) is 0 Å². The highest BCUT2D eigenvalue weighted by molar-refractivity contribution is 5.84. The Hall–Kier alpha value is -4.56. The number of aromatic nitrogens is 3. The number of hydrogen-bond acceptors (Lipinski definition) is 5. The molecule has 8 heteroatoms. The molecule has 1 saturated heterocycles. The van der Waals surface area contributed by atoms with Crippen molar-refractivity contribution in [1.29, 1.82) is 0 Å². The van der Waals surface area contributed by atoms with Crippen LogP contribution in [0.15, 0.2) is 91.4 Å². The van der Waals surface area contributed by atoms with Crippen LogP contribution in [0.2, 0.25) is 0 Å². The van der Waals surface area contributed by atoms with E-state index in [1.807, 2.05) is 15.5 Å². The number of nitrogens with zero attached hydrogens (tertiary/aromatic N) is 5. The van der Waals surface area contributed by atoms with Gasteiger partial charge in [0.05, 0.1) is 18.8 Å². The van der Waals surface area contributed by atoms with Crippen molar-refractivity contribution in [2.75, 3.05) is 38.0 Å². The summed E-state index contributed by atoms with van der Waals surface area (Å²) in [5.41, 5.74) is 7.67. The van der Waals surface area contributed by atoms with Gasteiger partial charge in [-0.25, -0.2) is 9.37 Å². The summed E-state index contributed by atoms with van der Waals surface area (Å²) in [5, 5.41) is 3.33. The van der Waals surface area contributed by atoms with Crippen molar-refractivity contribution in [3.8, 4) is 11.3 Å². The molecule has 1 aliphatic heterocycles. The highest BCUT2D eigenvalue weighted by atomic mass is 19.1. The maximum Gasteiger partial charge on any atom is 0.242 e. The zero-order valence-electron chi connectivity index (χ0n) is 22.7. The summed E-state index contributed by atoms with van der Waals surface area (Å²) in [6.45, 7) is 3.09. The van der Waals surface area contributed by atoms with Gasteiger partial charge in [0.2, 0.25) is 5.91 Å². The van der Waals surface area contributed by atoms with Gasteiger partial charge in [-0.1, -0.05) is 48.5 Å². The fourth-order valence-corrected chi connectivity index (χ4v) is 6.27. The fraction of sp³-hybridized carbons (Fsp3) is 0.242. The molecule has 1 aliphatic carbocycles. The number of fused-ring (bicyclic) bond motifs is 3. The van der Waals surface area contributed by atoms with E-state index in [2.05, 4.69) is 63.7 Å².